The van der Waals surface area contributed by atoms with E-state index in [1.165, 1.54) is 6.07 Å². The van der Waals surface area contributed by atoms with Crippen LogP contribution in [-0.4, -0.2) is 21.9 Å². The summed E-state index contributed by atoms with van der Waals surface area (Å²) >= 11 is 0. The van der Waals surface area contributed by atoms with E-state index in [4.69, 9.17) is 9.15 Å². The maximum Gasteiger partial charge on any atom is 0.336 e. The maximum absolute atomic E-state index is 11.2. The van der Waals surface area contributed by atoms with E-state index in [-0.39, 0.29) is 0 Å². The van der Waals surface area contributed by atoms with E-state index >= 15 is 0 Å². The fraction of sp³-hybridized carbons (Fsp3) is 0.357. The van der Waals surface area contributed by atoms with Crippen LogP contribution < -0.4 is 10.4 Å². The molecule has 2 N–H and O–H groups in total. The van der Waals surface area contributed by atoms with Crippen LogP contribution in [0.1, 0.15) is 25.5 Å². The Hall–Kier alpha value is -1.85. The Bertz CT molecular complexity index is 695. The van der Waals surface area contributed by atoms with Gasteiger partial charge in [-0.25, -0.2) is 4.79 Å². The first-order valence-electron chi connectivity index (χ1n) is 6.01. The predicted octanol–water partition coefficient (Wildman–Crippen LogP) is 1.36. The number of hydrogen-bond acceptors (Lipinski definition) is 5. The molecule has 0 bridgehead atoms. The van der Waals surface area contributed by atoms with E-state index in [1.54, 1.807) is 32.0 Å². The van der Waals surface area contributed by atoms with Gasteiger partial charge in [0.1, 0.15) is 17.4 Å². The smallest absolute Gasteiger partial charge is 0.336 e. The number of ether oxygens (including phenoxy) is 1. The minimum absolute atomic E-state index is 0.398. The molecular weight excluding hydrogens is 248 g/mol. The first kappa shape index (κ1) is 12.2. The van der Waals surface area contributed by atoms with Crippen LogP contribution in [0.3, 0.4) is 0 Å². The number of aliphatic hydroxyl groups is 2. The van der Waals surface area contributed by atoms with Crippen molar-refractivity contribution < 1.29 is 19.4 Å². The van der Waals surface area contributed by atoms with Gasteiger partial charge in [0.05, 0.1) is 5.60 Å². The summed E-state index contributed by atoms with van der Waals surface area (Å²) in [6, 6.07) is 6.24. The standard InChI is InChI=1S/C14H14O5/c1-14(2,17)13-12(16)8-5-7-3-4-11(15)18-9(7)6-10(8)19-13/h3-6,12-13,16-17H,1-2H3/t12-,13-/m0/s1. The van der Waals surface area contributed by atoms with Gasteiger partial charge in [-0.2, -0.15) is 0 Å². The molecule has 1 aromatic heterocycles. The van der Waals surface area contributed by atoms with Crippen LogP contribution in [-0.2, 0) is 0 Å². The summed E-state index contributed by atoms with van der Waals surface area (Å²) in [5.74, 6) is 0.432. The van der Waals surface area contributed by atoms with E-state index in [2.05, 4.69) is 0 Å². The summed E-state index contributed by atoms with van der Waals surface area (Å²) in [5, 5.41) is 20.9. The normalized spacial score (nSPS) is 22.3. The third-order valence-electron chi connectivity index (χ3n) is 3.31. The summed E-state index contributed by atoms with van der Waals surface area (Å²) in [6.07, 6.45) is -1.66. The quantitative estimate of drug-likeness (QED) is 0.758. The van der Waals surface area contributed by atoms with Crippen molar-refractivity contribution in [2.45, 2.75) is 31.7 Å². The molecule has 0 amide bonds. The van der Waals surface area contributed by atoms with Gasteiger partial charge in [0.25, 0.3) is 0 Å². The molecule has 19 heavy (non-hydrogen) atoms. The Morgan fingerprint density at radius 2 is 2.00 bits per heavy atom. The van der Waals surface area contributed by atoms with Gasteiger partial charge >= 0.3 is 5.63 Å². The molecule has 3 rings (SSSR count). The van der Waals surface area contributed by atoms with Crippen molar-refractivity contribution in [2.75, 3.05) is 0 Å². The Morgan fingerprint density at radius 3 is 2.68 bits per heavy atom. The summed E-state index contributed by atoms with van der Waals surface area (Å²) in [7, 11) is 0. The highest BCUT2D eigenvalue weighted by Gasteiger charge is 2.42. The molecule has 1 aromatic carbocycles. The lowest BCUT2D eigenvalue weighted by atomic mass is 9.94. The molecule has 2 aromatic rings. The molecule has 0 saturated carbocycles. The fourth-order valence-corrected chi connectivity index (χ4v) is 2.34. The van der Waals surface area contributed by atoms with Crippen molar-refractivity contribution in [1.82, 2.24) is 0 Å². The number of benzene rings is 1. The summed E-state index contributed by atoms with van der Waals surface area (Å²) in [4.78, 5) is 11.2. The van der Waals surface area contributed by atoms with Crippen molar-refractivity contribution in [1.29, 1.82) is 0 Å². The van der Waals surface area contributed by atoms with Gasteiger partial charge in [-0.1, -0.05) is 0 Å². The highest BCUT2D eigenvalue weighted by molar-refractivity contribution is 5.80. The molecule has 100 valence electrons. The average Bonchev–Trinajstić information content (AvgIpc) is 2.63. The van der Waals surface area contributed by atoms with Gasteiger partial charge in [0.2, 0.25) is 0 Å². The lowest BCUT2D eigenvalue weighted by Gasteiger charge is -2.27. The van der Waals surface area contributed by atoms with Crippen LogP contribution in [0.2, 0.25) is 0 Å². The molecule has 2 heterocycles. The largest absolute Gasteiger partial charge is 0.484 e. The van der Waals surface area contributed by atoms with Crippen molar-refractivity contribution in [3.8, 4) is 5.75 Å². The molecule has 5 heteroatoms. The molecule has 0 aliphatic carbocycles. The van der Waals surface area contributed by atoms with E-state index < -0.39 is 23.4 Å². The zero-order chi connectivity index (χ0) is 13.8. The second-order valence-corrected chi connectivity index (χ2v) is 5.32. The average molecular weight is 262 g/mol. The minimum atomic E-state index is -1.18. The molecule has 0 spiro atoms. The van der Waals surface area contributed by atoms with Gasteiger partial charge in [-0.3, -0.25) is 0 Å². The van der Waals surface area contributed by atoms with Gasteiger partial charge in [-0.15, -0.1) is 0 Å². The highest BCUT2D eigenvalue weighted by atomic mass is 16.5. The topological polar surface area (TPSA) is 79.9 Å². The van der Waals surface area contributed by atoms with E-state index in [0.29, 0.717) is 22.3 Å². The summed E-state index contributed by atoms with van der Waals surface area (Å²) in [5.41, 5.74) is -0.626. The molecule has 1 aliphatic heterocycles. The van der Waals surface area contributed by atoms with Crippen molar-refractivity contribution >= 4 is 11.0 Å². The highest BCUT2D eigenvalue weighted by Crippen LogP contribution is 2.42. The minimum Gasteiger partial charge on any atom is -0.484 e. The molecule has 0 fully saturated rings. The zero-order valence-electron chi connectivity index (χ0n) is 10.6. The van der Waals surface area contributed by atoms with Crippen LogP contribution in [0.5, 0.6) is 5.75 Å². The van der Waals surface area contributed by atoms with Crippen molar-refractivity contribution in [3.05, 3.63) is 40.2 Å². The van der Waals surface area contributed by atoms with Gasteiger partial charge in [0, 0.05) is 23.1 Å². The summed E-state index contributed by atoms with van der Waals surface area (Å²) < 4.78 is 10.6. The Labute approximate surface area is 109 Å². The molecule has 1 aliphatic rings. The van der Waals surface area contributed by atoms with Crippen LogP contribution in [0.25, 0.3) is 11.0 Å². The molecule has 0 saturated heterocycles. The van der Waals surface area contributed by atoms with Crippen molar-refractivity contribution in [2.24, 2.45) is 0 Å². The lowest BCUT2D eigenvalue weighted by molar-refractivity contribution is -0.0762. The number of aliphatic hydroxyl groups excluding tert-OH is 1. The van der Waals surface area contributed by atoms with Crippen LogP contribution in [0.4, 0.5) is 0 Å². The monoisotopic (exact) mass is 262 g/mol. The number of rotatable bonds is 1. The second-order valence-electron chi connectivity index (χ2n) is 5.32. The molecule has 5 nitrogen and oxygen atoms in total. The van der Waals surface area contributed by atoms with Gasteiger partial charge in [0.15, 0.2) is 6.10 Å². The van der Waals surface area contributed by atoms with E-state index in [1.807, 2.05) is 0 Å². The molecular formula is C14H14O5. The lowest BCUT2D eigenvalue weighted by Crippen LogP contribution is -2.41. The Kier molecular flexibility index (Phi) is 2.45. The molecule has 0 radical (unpaired) electrons. The maximum atomic E-state index is 11.2. The first-order valence-corrected chi connectivity index (χ1v) is 6.01. The number of hydrogen-bond donors (Lipinski definition) is 2. The van der Waals surface area contributed by atoms with Gasteiger partial charge < -0.3 is 19.4 Å². The third kappa shape index (κ3) is 1.91. The fourth-order valence-electron chi connectivity index (χ4n) is 2.34. The van der Waals surface area contributed by atoms with Crippen LogP contribution >= 0.6 is 0 Å². The predicted molar refractivity (Wildman–Crippen MR) is 68.2 cm³/mol. The molecule has 0 unspecified atom stereocenters. The van der Waals surface area contributed by atoms with E-state index in [0.717, 1.165) is 0 Å². The van der Waals surface area contributed by atoms with Gasteiger partial charge in [-0.05, 0) is 26.0 Å². The first-order chi connectivity index (χ1) is 8.86. The Morgan fingerprint density at radius 1 is 1.26 bits per heavy atom. The summed E-state index contributed by atoms with van der Waals surface area (Å²) in [6.45, 7) is 3.15. The third-order valence-corrected chi connectivity index (χ3v) is 3.31. The molecule has 2 atom stereocenters. The van der Waals surface area contributed by atoms with E-state index in [9.17, 15) is 15.0 Å². The number of fused-ring (bicyclic) bond motifs is 2. The van der Waals surface area contributed by atoms with Crippen LogP contribution in [0, 0.1) is 0 Å². The SMILES string of the molecule is CC(C)(O)[C@H]1Oc2cc3oc(=O)ccc3cc2[C@@H]1O. The van der Waals surface area contributed by atoms with Crippen LogP contribution in [0.15, 0.2) is 33.5 Å². The Balaban J connectivity index is 2.15. The second kappa shape index (κ2) is 3.82. The van der Waals surface area contributed by atoms with Crippen molar-refractivity contribution in [3.63, 3.8) is 0 Å². The zero-order valence-corrected chi connectivity index (χ0v) is 10.6.